The minimum Gasteiger partial charge on any atom is -0.507 e. The van der Waals surface area contributed by atoms with Gasteiger partial charge in [0.2, 0.25) is 23.6 Å². The van der Waals surface area contributed by atoms with Crippen LogP contribution in [0.5, 0.6) is 5.75 Å². The van der Waals surface area contributed by atoms with Crippen LogP contribution in [0, 0.1) is 34.9 Å². The summed E-state index contributed by atoms with van der Waals surface area (Å²) in [5, 5.41) is 14.2. The Kier molecular flexibility index (Phi) is 5.29. The van der Waals surface area contributed by atoms with Crippen LogP contribution >= 0.6 is 11.6 Å². The zero-order chi connectivity index (χ0) is 28.1. The number of halogens is 2. The van der Waals surface area contributed by atoms with Gasteiger partial charge in [0.1, 0.15) is 11.6 Å². The SMILES string of the molecule is C[C@@]12C(=O)N(c3ccc(F)c(Cl)c3)C(=O)[C@@H]1C[C@@H]1C(=CC[C@@H]3C(=O)NC(=O)[C@@H]31)[C@@H]2c1ccc(O)c2ccccc12. The van der Waals surface area contributed by atoms with Crippen LogP contribution in [0.25, 0.3) is 10.8 Å². The van der Waals surface area contributed by atoms with Crippen molar-refractivity contribution in [2.24, 2.45) is 29.1 Å². The van der Waals surface area contributed by atoms with Gasteiger partial charge >= 0.3 is 0 Å². The highest BCUT2D eigenvalue weighted by molar-refractivity contribution is 6.31. The molecular weight excluding hydrogens is 535 g/mol. The van der Waals surface area contributed by atoms with E-state index in [0.717, 1.165) is 27.5 Å². The van der Waals surface area contributed by atoms with E-state index in [1.807, 2.05) is 24.3 Å². The number of carbonyl (C=O) groups is 4. The molecule has 7 nitrogen and oxygen atoms in total. The molecule has 202 valence electrons. The second-order valence-corrected chi connectivity index (χ2v) is 11.7. The lowest BCUT2D eigenvalue weighted by Crippen LogP contribution is -2.48. The summed E-state index contributed by atoms with van der Waals surface area (Å²) < 4.78 is 14.0. The normalized spacial score (nSPS) is 31.1. The first-order valence-electron chi connectivity index (χ1n) is 13.2. The Morgan fingerprint density at radius 3 is 2.50 bits per heavy atom. The number of phenolic OH excluding ortho intramolecular Hbond substituents is 1. The molecule has 4 amide bonds. The van der Waals surface area contributed by atoms with Crippen molar-refractivity contribution < 1.29 is 28.7 Å². The minimum absolute atomic E-state index is 0.0864. The summed E-state index contributed by atoms with van der Waals surface area (Å²) >= 11 is 6.04. The van der Waals surface area contributed by atoms with Crippen molar-refractivity contribution in [1.29, 1.82) is 0 Å². The first-order valence-corrected chi connectivity index (χ1v) is 13.6. The van der Waals surface area contributed by atoms with Crippen LogP contribution in [0.3, 0.4) is 0 Å². The Morgan fingerprint density at radius 2 is 1.75 bits per heavy atom. The molecule has 2 aliphatic heterocycles. The van der Waals surface area contributed by atoms with Gasteiger partial charge in [-0.05, 0) is 60.9 Å². The van der Waals surface area contributed by atoms with E-state index in [4.69, 9.17) is 11.6 Å². The zero-order valence-corrected chi connectivity index (χ0v) is 22.1. The van der Waals surface area contributed by atoms with E-state index in [0.29, 0.717) is 11.8 Å². The van der Waals surface area contributed by atoms with Gasteiger partial charge in [-0.3, -0.25) is 24.5 Å². The number of nitrogens with zero attached hydrogens (tertiary/aromatic N) is 1. The van der Waals surface area contributed by atoms with Gasteiger partial charge in [-0.25, -0.2) is 9.29 Å². The molecule has 40 heavy (non-hydrogen) atoms. The van der Waals surface area contributed by atoms with Crippen LogP contribution in [0.15, 0.2) is 66.2 Å². The standard InChI is InChI=1S/C31H24ClFN2O5/c1-31-21(29(39)35(30(31)40)14-6-10-23(33)22(32)12-14)13-20-18(7-8-19-25(20)28(38)34-27(19)37)26(31)17-9-11-24(36)16-5-3-2-4-15(16)17/h2-7,9-12,19-21,25-26,36H,8,13H2,1H3,(H,34,37,38)/t19-,20+,21-,25-,26-,31+/m0/s1. The number of hydrogen-bond acceptors (Lipinski definition) is 5. The van der Waals surface area contributed by atoms with E-state index in [1.165, 1.54) is 12.1 Å². The number of aromatic hydroxyl groups is 1. The van der Waals surface area contributed by atoms with Gasteiger partial charge in [-0.1, -0.05) is 53.6 Å². The summed E-state index contributed by atoms with van der Waals surface area (Å²) in [5.74, 6) is -5.19. The molecule has 6 atom stereocenters. The Bertz CT molecular complexity index is 1720. The van der Waals surface area contributed by atoms with Crippen LogP contribution in [-0.2, 0) is 19.2 Å². The van der Waals surface area contributed by atoms with Gasteiger partial charge in [0.15, 0.2) is 0 Å². The summed E-state index contributed by atoms with van der Waals surface area (Å²) in [6.07, 6.45) is 2.53. The summed E-state index contributed by atoms with van der Waals surface area (Å²) in [7, 11) is 0. The molecule has 1 saturated carbocycles. The number of hydrogen-bond donors (Lipinski definition) is 2. The maximum absolute atomic E-state index is 14.4. The largest absolute Gasteiger partial charge is 0.507 e. The maximum atomic E-state index is 14.4. The van der Waals surface area contributed by atoms with Gasteiger partial charge in [0.25, 0.3) is 0 Å². The Balaban J connectivity index is 1.47. The van der Waals surface area contributed by atoms with Crippen molar-refractivity contribution in [3.05, 3.63) is 82.6 Å². The van der Waals surface area contributed by atoms with Gasteiger partial charge in [0.05, 0.1) is 33.9 Å². The van der Waals surface area contributed by atoms with E-state index in [-0.39, 0.29) is 34.7 Å². The number of fused-ring (bicyclic) bond motifs is 5. The van der Waals surface area contributed by atoms with Crippen LogP contribution in [0.4, 0.5) is 10.1 Å². The van der Waals surface area contributed by atoms with Crippen molar-refractivity contribution >= 4 is 51.7 Å². The molecule has 0 radical (unpaired) electrons. The summed E-state index contributed by atoms with van der Waals surface area (Å²) in [6, 6.07) is 14.4. The third kappa shape index (κ3) is 3.17. The third-order valence-corrected chi connectivity index (χ3v) is 9.81. The molecule has 0 bridgehead atoms. The van der Waals surface area contributed by atoms with Crippen molar-refractivity contribution in [2.45, 2.75) is 25.7 Å². The predicted octanol–water partition coefficient (Wildman–Crippen LogP) is 4.86. The lowest BCUT2D eigenvalue weighted by atomic mass is 9.51. The average molecular weight is 559 g/mol. The summed E-state index contributed by atoms with van der Waals surface area (Å²) in [4.78, 5) is 55.3. The van der Waals surface area contributed by atoms with Crippen molar-refractivity contribution in [1.82, 2.24) is 5.32 Å². The molecule has 3 aromatic rings. The van der Waals surface area contributed by atoms with Gasteiger partial charge in [0, 0.05) is 11.3 Å². The van der Waals surface area contributed by atoms with Gasteiger partial charge < -0.3 is 5.11 Å². The number of benzene rings is 3. The molecule has 2 saturated heterocycles. The van der Waals surface area contributed by atoms with E-state index in [1.54, 1.807) is 25.1 Å². The topological polar surface area (TPSA) is 104 Å². The van der Waals surface area contributed by atoms with E-state index in [2.05, 4.69) is 5.32 Å². The Hall–Kier alpha value is -4.04. The molecule has 3 fully saturated rings. The quantitative estimate of drug-likeness (QED) is 0.345. The fraction of sp³-hybridized carbons (Fsp3) is 0.290. The molecule has 2 N–H and O–H groups in total. The predicted molar refractivity (Wildman–Crippen MR) is 145 cm³/mol. The molecule has 3 aromatic carbocycles. The van der Waals surface area contributed by atoms with E-state index < -0.39 is 52.6 Å². The number of carbonyl (C=O) groups excluding carboxylic acids is 4. The first-order chi connectivity index (χ1) is 19.1. The lowest BCUT2D eigenvalue weighted by molar-refractivity contribution is -0.131. The van der Waals surface area contributed by atoms with Crippen molar-refractivity contribution in [3.8, 4) is 5.75 Å². The van der Waals surface area contributed by atoms with Crippen LogP contribution in [-0.4, -0.2) is 28.7 Å². The number of imide groups is 2. The summed E-state index contributed by atoms with van der Waals surface area (Å²) in [5.41, 5.74) is 0.516. The minimum atomic E-state index is -1.26. The Morgan fingerprint density at radius 1 is 1.00 bits per heavy atom. The van der Waals surface area contributed by atoms with Crippen LogP contribution in [0.1, 0.15) is 31.2 Å². The molecule has 0 unspecified atom stereocenters. The van der Waals surface area contributed by atoms with Crippen LogP contribution < -0.4 is 10.2 Å². The number of amides is 4. The fourth-order valence-electron chi connectivity index (χ4n) is 7.70. The average Bonchev–Trinajstić information content (AvgIpc) is 3.33. The number of allylic oxidation sites excluding steroid dienone is 2. The second kappa shape index (κ2) is 8.48. The highest BCUT2D eigenvalue weighted by atomic mass is 35.5. The maximum Gasteiger partial charge on any atom is 0.241 e. The smallest absolute Gasteiger partial charge is 0.241 e. The van der Waals surface area contributed by atoms with E-state index >= 15 is 0 Å². The monoisotopic (exact) mass is 558 g/mol. The number of anilines is 1. The highest BCUT2D eigenvalue weighted by Crippen LogP contribution is 2.64. The molecule has 9 heteroatoms. The van der Waals surface area contributed by atoms with Gasteiger partial charge in [-0.2, -0.15) is 0 Å². The van der Waals surface area contributed by atoms with Crippen molar-refractivity contribution in [3.63, 3.8) is 0 Å². The first kappa shape index (κ1) is 25.0. The number of rotatable bonds is 2. The van der Waals surface area contributed by atoms with Gasteiger partial charge in [-0.15, -0.1) is 0 Å². The van der Waals surface area contributed by atoms with E-state index in [9.17, 15) is 28.7 Å². The zero-order valence-electron chi connectivity index (χ0n) is 21.4. The molecule has 2 heterocycles. The molecular formula is C31H24ClFN2O5. The third-order valence-electron chi connectivity index (χ3n) is 9.52. The second-order valence-electron chi connectivity index (χ2n) is 11.3. The van der Waals surface area contributed by atoms with Crippen molar-refractivity contribution in [2.75, 3.05) is 4.90 Å². The lowest BCUT2D eigenvalue weighted by Gasteiger charge is -2.49. The summed E-state index contributed by atoms with van der Waals surface area (Å²) in [6.45, 7) is 1.78. The molecule has 2 aliphatic carbocycles. The fourth-order valence-corrected chi connectivity index (χ4v) is 7.87. The molecule has 4 aliphatic rings. The molecule has 0 spiro atoms. The van der Waals surface area contributed by atoms with Crippen LogP contribution in [0.2, 0.25) is 5.02 Å². The molecule has 7 rings (SSSR count). The highest BCUT2D eigenvalue weighted by Gasteiger charge is 2.67. The number of nitrogens with one attached hydrogen (secondary N) is 1. The molecule has 0 aromatic heterocycles. The number of phenols is 1. The Labute approximate surface area is 233 Å².